The maximum atomic E-state index is 4.77. The van der Waals surface area contributed by atoms with Crippen molar-refractivity contribution in [3.8, 4) is 0 Å². The number of hydrogen-bond acceptors (Lipinski definition) is 2. The van der Waals surface area contributed by atoms with E-state index in [1.54, 1.807) is 0 Å². The number of nitrogens with zero attached hydrogens (tertiary/aromatic N) is 2. The van der Waals surface area contributed by atoms with Crippen LogP contribution < -0.4 is 10.6 Å². The Bertz CT molecular complexity index is 681. The maximum absolute atomic E-state index is 4.77. The molecule has 2 heterocycles. The largest absolute Gasteiger partial charge is 0.361 e. The van der Waals surface area contributed by atoms with Crippen molar-refractivity contribution in [2.45, 2.75) is 19.8 Å². The zero-order valence-corrected chi connectivity index (χ0v) is 17.5. The van der Waals surface area contributed by atoms with Crippen molar-refractivity contribution in [2.24, 2.45) is 10.9 Å². The van der Waals surface area contributed by atoms with Crippen molar-refractivity contribution in [3.05, 3.63) is 36.0 Å². The van der Waals surface area contributed by atoms with E-state index in [4.69, 9.17) is 4.99 Å². The summed E-state index contributed by atoms with van der Waals surface area (Å²) < 4.78 is 0. The molecular weight excluding hydrogens is 425 g/mol. The molecule has 0 spiro atoms. The number of nitrogens with one attached hydrogen (secondary N) is 3. The molecule has 1 aromatic carbocycles. The third kappa shape index (κ3) is 5.60. The summed E-state index contributed by atoms with van der Waals surface area (Å²) in [6.07, 6.45) is 4.36. The van der Waals surface area contributed by atoms with Crippen molar-refractivity contribution in [1.29, 1.82) is 0 Å². The van der Waals surface area contributed by atoms with Gasteiger partial charge >= 0.3 is 0 Å². The molecule has 0 bridgehead atoms. The van der Waals surface area contributed by atoms with Gasteiger partial charge in [0.25, 0.3) is 0 Å². The lowest BCUT2D eigenvalue weighted by Crippen LogP contribution is -2.38. The second-order valence-corrected chi connectivity index (χ2v) is 6.67. The molecule has 1 atom stereocenters. The van der Waals surface area contributed by atoms with E-state index in [9.17, 15) is 0 Å². The Morgan fingerprint density at radius 3 is 2.92 bits per heavy atom. The van der Waals surface area contributed by atoms with Crippen molar-refractivity contribution in [1.82, 2.24) is 20.5 Å². The Kier molecular flexibility index (Phi) is 8.02. The van der Waals surface area contributed by atoms with Crippen LogP contribution in [0.5, 0.6) is 0 Å². The summed E-state index contributed by atoms with van der Waals surface area (Å²) in [6, 6.07) is 8.46. The summed E-state index contributed by atoms with van der Waals surface area (Å²) >= 11 is 0. The first-order valence-electron chi connectivity index (χ1n) is 9.02. The van der Waals surface area contributed by atoms with E-state index in [-0.39, 0.29) is 24.0 Å². The summed E-state index contributed by atoms with van der Waals surface area (Å²) in [5.74, 6) is 1.63. The van der Waals surface area contributed by atoms with Gasteiger partial charge in [-0.05, 0) is 50.9 Å². The first-order chi connectivity index (χ1) is 11.8. The average molecular weight is 455 g/mol. The van der Waals surface area contributed by atoms with Crippen LogP contribution in [0, 0.1) is 5.92 Å². The molecule has 0 saturated carbocycles. The van der Waals surface area contributed by atoms with Crippen LogP contribution in [0.25, 0.3) is 10.9 Å². The molecule has 1 aliphatic heterocycles. The summed E-state index contributed by atoms with van der Waals surface area (Å²) in [5, 5.41) is 8.14. The second kappa shape index (κ2) is 10.0. The monoisotopic (exact) mass is 455 g/mol. The summed E-state index contributed by atoms with van der Waals surface area (Å²) in [7, 11) is 2.19. The van der Waals surface area contributed by atoms with E-state index in [1.807, 2.05) is 0 Å². The quantitative estimate of drug-likeness (QED) is 0.357. The molecule has 2 aromatic rings. The molecular formula is C19H30IN5. The SMILES string of the molecule is CCNC(=NCC1CCN(C)C1)NCCc1c[nH]c2ccccc12.I. The summed E-state index contributed by atoms with van der Waals surface area (Å²) in [4.78, 5) is 10.5. The Balaban J connectivity index is 0.00000225. The fourth-order valence-electron chi connectivity index (χ4n) is 3.39. The van der Waals surface area contributed by atoms with E-state index in [2.05, 4.69) is 65.0 Å². The van der Waals surface area contributed by atoms with Crippen LogP contribution in [0.4, 0.5) is 0 Å². The third-order valence-electron chi connectivity index (χ3n) is 4.70. The molecule has 1 unspecified atom stereocenters. The molecule has 5 nitrogen and oxygen atoms in total. The van der Waals surface area contributed by atoms with E-state index in [1.165, 1.54) is 29.4 Å². The van der Waals surface area contributed by atoms with Crippen LogP contribution in [0.15, 0.2) is 35.5 Å². The van der Waals surface area contributed by atoms with Crippen molar-refractivity contribution < 1.29 is 0 Å². The fraction of sp³-hybridized carbons (Fsp3) is 0.526. The molecule has 3 N–H and O–H groups in total. The molecule has 25 heavy (non-hydrogen) atoms. The van der Waals surface area contributed by atoms with Crippen LogP contribution in [0.2, 0.25) is 0 Å². The van der Waals surface area contributed by atoms with Gasteiger partial charge in [0.1, 0.15) is 0 Å². The van der Waals surface area contributed by atoms with E-state index in [0.29, 0.717) is 5.92 Å². The Hall–Kier alpha value is -1.28. The van der Waals surface area contributed by atoms with Gasteiger partial charge in [0.15, 0.2) is 5.96 Å². The molecule has 0 aliphatic carbocycles. The highest BCUT2D eigenvalue weighted by molar-refractivity contribution is 14.0. The molecule has 6 heteroatoms. The zero-order chi connectivity index (χ0) is 16.8. The van der Waals surface area contributed by atoms with Crippen molar-refractivity contribution in [3.63, 3.8) is 0 Å². The molecule has 1 fully saturated rings. The number of para-hydroxylation sites is 1. The second-order valence-electron chi connectivity index (χ2n) is 6.67. The van der Waals surface area contributed by atoms with Crippen LogP contribution in [0.3, 0.4) is 0 Å². The van der Waals surface area contributed by atoms with Crippen LogP contribution in [-0.2, 0) is 6.42 Å². The van der Waals surface area contributed by atoms with Gasteiger partial charge in [-0.15, -0.1) is 24.0 Å². The minimum absolute atomic E-state index is 0. The lowest BCUT2D eigenvalue weighted by atomic mass is 10.1. The lowest BCUT2D eigenvalue weighted by Gasteiger charge is -2.13. The van der Waals surface area contributed by atoms with Gasteiger partial charge in [-0.3, -0.25) is 4.99 Å². The van der Waals surface area contributed by atoms with Gasteiger partial charge in [-0.25, -0.2) is 0 Å². The number of halogens is 1. The van der Waals surface area contributed by atoms with Crippen molar-refractivity contribution >= 4 is 40.8 Å². The molecule has 1 aliphatic rings. The van der Waals surface area contributed by atoms with E-state index >= 15 is 0 Å². The lowest BCUT2D eigenvalue weighted by molar-refractivity contribution is 0.397. The Morgan fingerprint density at radius 1 is 1.32 bits per heavy atom. The average Bonchev–Trinajstić information content (AvgIpc) is 3.19. The highest BCUT2D eigenvalue weighted by Crippen LogP contribution is 2.17. The third-order valence-corrected chi connectivity index (χ3v) is 4.70. The number of guanidine groups is 1. The predicted molar refractivity (Wildman–Crippen MR) is 117 cm³/mol. The number of rotatable bonds is 6. The number of aromatic amines is 1. The van der Waals surface area contributed by atoms with Crippen LogP contribution in [0.1, 0.15) is 18.9 Å². The number of H-pyrrole nitrogens is 1. The molecule has 3 rings (SSSR count). The molecule has 0 radical (unpaired) electrons. The molecule has 1 saturated heterocycles. The predicted octanol–water partition coefficient (Wildman–Crippen LogP) is 2.84. The maximum Gasteiger partial charge on any atom is 0.191 e. The Morgan fingerprint density at radius 2 is 2.16 bits per heavy atom. The Labute approximate surface area is 167 Å². The topological polar surface area (TPSA) is 55.5 Å². The number of aliphatic imine (C=N–C) groups is 1. The number of hydrogen-bond donors (Lipinski definition) is 3. The van der Waals surface area contributed by atoms with E-state index < -0.39 is 0 Å². The van der Waals surface area contributed by atoms with Gasteiger partial charge in [-0.1, -0.05) is 18.2 Å². The smallest absolute Gasteiger partial charge is 0.191 e. The summed E-state index contributed by atoms with van der Waals surface area (Å²) in [5.41, 5.74) is 2.56. The number of fused-ring (bicyclic) bond motifs is 1. The normalized spacial score (nSPS) is 18.3. The minimum atomic E-state index is 0. The van der Waals surface area contributed by atoms with Crippen LogP contribution in [-0.4, -0.2) is 55.6 Å². The zero-order valence-electron chi connectivity index (χ0n) is 15.2. The molecule has 1 aromatic heterocycles. The van der Waals surface area contributed by atoms with Gasteiger partial charge in [0.2, 0.25) is 0 Å². The number of benzene rings is 1. The van der Waals surface area contributed by atoms with Crippen molar-refractivity contribution in [2.75, 3.05) is 39.8 Å². The number of likely N-dealkylation sites (tertiary alicyclic amines) is 1. The summed E-state index contributed by atoms with van der Waals surface area (Å²) in [6.45, 7) is 7.16. The molecule has 0 amide bonds. The molecule has 138 valence electrons. The first-order valence-corrected chi connectivity index (χ1v) is 9.02. The highest BCUT2D eigenvalue weighted by Gasteiger charge is 2.18. The first kappa shape index (κ1) is 20.0. The van der Waals surface area contributed by atoms with Gasteiger partial charge < -0.3 is 20.5 Å². The van der Waals surface area contributed by atoms with E-state index in [0.717, 1.165) is 38.6 Å². The standard InChI is InChI=1S/C19H29N5.HI/c1-3-20-19(23-12-15-9-11-24(2)14-15)21-10-8-16-13-22-18-7-5-4-6-17(16)18;/h4-7,13,15,22H,3,8-12,14H2,1-2H3,(H2,20,21,23);1H. The van der Waals surface area contributed by atoms with Gasteiger partial charge in [0, 0.05) is 43.3 Å². The number of aromatic nitrogens is 1. The fourth-order valence-corrected chi connectivity index (χ4v) is 3.39. The van der Waals surface area contributed by atoms with Gasteiger partial charge in [-0.2, -0.15) is 0 Å². The van der Waals surface area contributed by atoms with Gasteiger partial charge in [0.05, 0.1) is 0 Å². The highest BCUT2D eigenvalue weighted by atomic mass is 127. The van der Waals surface area contributed by atoms with Crippen LogP contribution >= 0.6 is 24.0 Å². The minimum Gasteiger partial charge on any atom is -0.361 e.